The molecule has 0 atom stereocenters. The second-order valence-corrected chi connectivity index (χ2v) is 5.84. The number of nitrogens with one attached hydrogen (secondary N) is 2. The van der Waals surface area contributed by atoms with Gasteiger partial charge in [-0.2, -0.15) is 0 Å². The summed E-state index contributed by atoms with van der Waals surface area (Å²) in [6.45, 7) is 2.23. The van der Waals surface area contributed by atoms with Crippen molar-refractivity contribution in [3.63, 3.8) is 0 Å². The molecule has 1 aromatic heterocycles. The molecular weight excluding hydrogens is 260 g/mol. The fourth-order valence-electron chi connectivity index (χ4n) is 1.65. The van der Waals surface area contributed by atoms with Gasteiger partial charge in [0, 0.05) is 28.4 Å². The van der Waals surface area contributed by atoms with E-state index in [1.165, 1.54) is 22.3 Å². The van der Waals surface area contributed by atoms with Gasteiger partial charge >= 0.3 is 0 Å². The molecule has 0 spiro atoms. The van der Waals surface area contributed by atoms with Crippen LogP contribution in [0.15, 0.2) is 15.9 Å². The number of rotatable bonds is 5. The number of thiophene rings is 1. The Bertz CT molecular complexity index is 307. The van der Waals surface area contributed by atoms with E-state index in [1.807, 2.05) is 7.05 Å². The lowest BCUT2D eigenvalue weighted by atomic mass is 10.1. The third-order valence-electron chi connectivity index (χ3n) is 2.71. The Morgan fingerprint density at radius 1 is 1.50 bits per heavy atom. The molecular formula is C10H15BrN2S. The van der Waals surface area contributed by atoms with Gasteiger partial charge in [-0.15, -0.1) is 11.3 Å². The minimum Gasteiger partial charge on any atom is -0.376 e. The molecule has 1 aliphatic carbocycles. The second-order valence-electron chi connectivity index (χ2n) is 4.01. The molecule has 4 heteroatoms. The Labute approximate surface area is 97.2 Å². The van der Waals surface area contributed by atoms with Crippen molar-refractivity contribution in [1.82, 2.24) is 5.32 Å². The van der Waals surface area contributed by atoms with E-state index < -0.39 is 0 Å². The molecule has 0 saturated heterocycles. The lowest BCUT2D eigenvalue weighted by Gasteiger charge is -2.14. The van der Waals surface area contributed by atoms with Crippen molar-refractivity contribution >= 4 is 32.3 Å². The molecule has 0 aliphatic heterocycles. The van der Waals surface area contributed by atoms with Crippen LogP contribution in [-0.4, -0.2) is 20.1 Å². The Hall–Kier alpha value is -0.0600. The molecule has 78 valence electrons. The minimum absolute atomic E-state index is 0.533. The van der Waals surface area contributed by atoms with Crippen LogP contribution in [0.2, 0.25) is 0 Å². The summed E-state index contributed by atoms with van der Waals surface area (Å²) in [5, 5.41) is 10.1. The average molecular weight is 275 g/mol. The van der Waals surface area contributed by atoms with E-state index in [-0.39, 0.29) is 0 Å². The van der Waals surface area contributed by atoms with Crippen LogP contribution in [0, 0.1) is 5.41 Å². The van der Waals surface area contributed by atoms with Crippen LogP contribution in [0.3, 0.4) is 0 Å². The van der Waals surface area contributed by atoms with Crippen molar-refractivity contribution in [2.75, 3.05) is 25.5 Å². The summed E-state index contributed by atoms with van der Waals surface area (Å²) in [5.41, 5.74) is 0.533. The maximum atomic E-state index is 3.50. The maximum absolute atomic E-state index is 3.50. The molecule has 2 N–H and O–H groups in total. The van der Waals surface area contributed by atoms with Gasteiger partial charge in [0.25, 0.3) is 0 Å². The topological polar surface area (TPSA) is 24.1 Å². The monoisotopic (exact) mass is 274 g/mol. The van der Waals surface area contributed by atoms with Crippen LogP contribution >= 0.6 is 27.3 Å². The zero-order valence-electron chi connectivity index (χ0n) is 8.27. The van der Waals surface area contributed by atoms with Gasteiger partial charge in [-0.05, 0) is 41.9 Å². The first kappa shape index (κ1) is 10.5. The standard InChI is InChI=1S/C10H15BrN2S/c1-12-6-10(2-3-10)7-13-9-4-8(11)5-14-9/h4-5,12-13H,2-3,6-7H2,1H3. The highest BCUT2D eigenvalue weighted by Gasteiger charge is 2.41. The first-order chi connectivity index (χ1) is 6.74. The smallest absolute Gasteiger partial charge is 0.0894 e. The molecule has 1 heterocycles. The van der Waals surface area contributed by atoms with E-state index in [0.29, 0.717) is 5.41 Å². The highest BCUT2D eigenvalue weighted by atomic mass is 79.9. The number of halogens is 1. The number of anilines is 1. The van der Waals surface area contributed by atoms with Gasteiger partial charge in [0.15, 0.2) is 0 Å². The lowest BCUT2D eigenvalue weighted by molar-refractivity contribution is 0.507. The molecule has 1 aromatic rings. The third-order valence-corrected chi connectivity index (χ3v) is 4.36. The van der Waals surface area contributed by atoms with Crippen molar-refractivity contribution in [3.05, 3.63) is 15.9 Å². The van der Waals surface area contributed by atoms with Gasteiger partial charge in [0.1, 0.15) is 0 Å². The number of hydrogen-bond donors (Lipinski definition) is 2. The Morgan fingerprint density at radius 3 is 2.79 bits per heavy atom. The first-order valence-corrected chi connectivity index (χ1v) is 6.54. The molecule has 2 nitrogen and oxygen atoms in total. The van der Waals surface area contributed by atoms with E-state index in [0.717, 1.165) is 13.1 Å². The van der Waals surface area contributed by atoms with E-state index in [9.17, 15) is 0 Å². The van der Waals surface area contributed by atoms with Gasteiger partial charge in [-0.3, -0.25) is 0 Å². The van der Waals surface area contributed by atoms with Crippen LogP contribution in [0.5, 0.6) is 0 Å². The Morgan fingerprint density at radius 2 is 2.29 bits per heavy atom. The van der Waals surface area contributed by atoms with Crippen LogP contribution in [0.25, 0.3) is 0 Å². The van der Waals surface area contributed by atoms with E-state index >= 15 is 0 Å². The normalized spacial score (nSPS) is 18.1. The summed E-state index contributed by atoms with van der Waals surface area (Å²) < 4.78 is 1.17. The summed E-state index contributed by atoms with van der Waals surface area (Å²) >= 11 is 5.21. The highest BCUT2D eigenvalue weighted by Crippen LogP contribution is 2.45. The van der Waals surface area contributed by atoms with Crippen molar-refractivity contribution < 1.29 is 0 Å². The van der Waals surface area contributed by atoms with Crippen molar-refractivity contribution in [2.24, 2.45) is 5.41 Å². The summed E-state index contributed by atoms with van der Waals surface area (Å²) in [5.74, 6) is 0. The van der Waals surface area contributed by atoms with Crippen LogP contribution in [0.4, 0.5) is 5.00 Å². The fraction of sp³-hybridized carbons (Fsp3) is 0.600. The zero-order chi connectivity index (χ0) is 10.0. The summed E-state index contributed by atoms with van der Waals surface area (Å²) in [6, 6.07) is 2.14. The predicted molar refractivity (Wildman–Crippen MR) is 66.1 cm³/mol. The molecule has 0 unspecified atom stereocenters. The third kappa shape index (κ3) is 2.49. The molecule has 1 aliphatic rings. The van der Waals surface area contributed by atoms with Crippen molar-refractivity contribution in [1.29, 1.82) is 0 Å². The summed E-state index contributed by atoms with van der Waals surface area (Å²) in [6.07, 6.45) is 2.71. The SMILES string of the molecule is CNCC1(CNc2cc(Br)cs2)CC1. The average Bonchev–Trinajstić information content (AvgIpc) is 2.80. The predicted octanol–water partition coefficient (Wildman–Crippen LogP) is 2.92. The largest absolute Gasteiger partial charge is 0.376 e. The molecule has 14 heavy (non-hydrogen) atoms. The molecule has 1 fully saturated rings. The van der Waals surface area contributed by atoms with Crippen molar-refractivity contribution in [2.45, 2.75) is 12.8 Å². The quantitative estimate of drug-likeness (QED) is 0.863. The van der Waals surface area contributed by atoms with Crippen LogP contribution in [0.1, 0.15) is 12.8 Å². The zero-order valence-corrected chi connectivity index (χ0v) is 10.7. The van der Waals surface area contributed by atoms with E-state index in [2.05, 4.69) is 38.0 Å². The van der Waals surface area contributed by atoms with Gasteiger partial charge < -0.3 is 10.6 Å². The number of hydrogen-bond acceptors (Lipinski definition) is 3. The lowest BCUT2D eigenvalue weighted by Crippen LogP contribution is -2.26. The van der Waals surface area contributed by atoms with Crippen LogP contribution < -0.4 is 10.6 Å². The minimum atomic E-state index is 0.533. The van der Waals surface area contributed by atoms with Crippen molar-refractivity contribution in [3.8, 4) is 0 Å². The maximum Gasteiger partial charge on any atom is 0.0894 e. The highest BCUT2D eigenvalue weighted by molar-refractivity contribution is 9.10. The molecule has 2 rings (SSSR count). The second kappa shape index (κ2) is 4.21. The van der Waals surface area contributed by atoms with E-state index in [1.54, 1.807) is 11.3 Å². The molecule has 1 saturated carbocycles. The molecule has 0 bridgehead atoms. The fourth-order valence-corrected chi connectivity index (χ4v) is 2.97. The van der Waals surface area contributed by atoms with Gasteiger partial charge in [-0.25, -0.2) is 0 Å². The van der Waals surface area contributed by atoms with Crippen LogP contribution in [-0.2, 0) is 0 Å². The van der Waals surface area contributed by atoms with Gasteiger partial charge in [0.05, 0.1) is 5.00 Å². The van der Waals surface area contributed by atoms with Gasteiger partial charge in [-0.1, -0.05) is 0 Å². The molecule has 0 amide bonds. The Balaban J connectivity index is 1.82. The first-order valence-electron chi connectivity index (χ1n) is 4.87. The molecule has 0 radical (unpaired) electrons. The molecule has 0 aromatic carbocycles. The Kier molecular flexibility index (Phi) is 3.14. The summed E-state index contributed by atoms with van der Waals surface area (Å²) in [7, 11) is 2.03. The van der Waals surface area contributed by atoms with Gasteiger partial charge in [0.2, 0.25) is 0 Å². The van der Waals surface area contributed by atoms with E-state index in [4.69, 9.17) is 0 Å². The summed E-state index contributed by atoms with van der Waals surface area (Å²) in [4.78, 5) is 0.